The van der Waals surface area contributed by atoms with Crippen LogP contribution in [0.4, 0.5) is 17.6 Å². The minimum Gasteiger partial charge on any atom is -0.368 e. The summed E-state index contributed by atoms with van der Waals surface area (Å²) in [6.07, 6.45) is 0. The molecule has 0 spiro atoms. The molecule has 0 fully saturated rings. The number of nitrogen functional groups attached to an aromatic ring is 1. The summed E-state index contributed by atoms with van der Waals surface area (Å²) in [5.41, 5.74) is 6.49. The second kappa shape index (κ2) is 3.06. The molecule has 0 amide bonds. The molecule has 0 bridgehead atoms. The van der Waals surface area contributed by atoms with Crippen LogP contribution in [0.2, 0.25) is 0 Å². The van der Waals surface area contributed by atoms with Crippen LogP contribution in [0.1, 0.15) is 0 Å². The third kappa shape index (κ3) is 1.48. The molecule has 0 saturated carbocycles. The highest BCUT2D eigenvalue weighted by molar-refractivity contribution is 7.08. The van der Waals surface area contributed by atoms with Gasteiger partial charge in [-0.05, 0) is 11.4 Å². The van der Waals surface area contributed by atoms with Gasteiger partial charge in [-0.1, -0.05) is 0 Å². The standard InChI is InChI=1S/C7H9N5S/c1-12(5-2-3-13-4-5)7-9-6(8)10-11-7/h2-4H,1H3,(H3,8,9,10,11). The second-order valence-electron chi connectivity index (χ2n) is 2.57. The number of aromatic nitrogens is 3. The lowest BCUT2D eigenvalue weighted by Crippen LogP contribution is -2.10. The minimum atomic E-state index is 0.331. The van der Waals surface area contributed by atoms with E-state index in [1.54, 1.807) is 11.3 Å². The number of hydrogen-bond acceptors (Lipinski definition) is 5. The molecule has 2 rings (SSSR count). The van der Waals surface area contributed by atoms with E-state index in [0.717, 1.165) is 5.69 Å². The Bertz CT molecular complexity index is 379. The van der Waals surface area contributed by atoms with Crippen LogP contribution in [0.3, 0.4) is 0 Å². The van der Waals surface area contributed by atoms with Gasteiger partial charge >= 0.3 is 0 Å². The summed E-state index contributed by atoms with van der Waals surface area (Å²) in [5, 5.41) is 11.6. The van der Waals surface area contributed by atoms with E-state index in [1.807, 2.05) is 28.8 Å². The Labute approximate surface area is 79.2 Å². The van der Waals surface area contributed by atoms with Gasteiger partial charge in [0.15, 0.2) is 0 Å². The topological polar surface area (TPSA) is 70.8 Å². The number of nitrogens with one attached hydrogen (secondary N) is 1. The van der Waals surface area contributed by atoms with Gasteiger partial charge in [0.25, 0.3) is 0 Å². The summed E-state index contributed by atoms with van der Waals surface area (Å²) in [6, 6.07) is 2.00. The van der Waals surface area contributed by atoms with E-state index in [4.69, 9.17) is 5.73 Å². The van der Waals surface area contributed by atoms with Gasteiger partial charge in [0.2, 0.25) is 11.9 Å². The molecule has 0 saturated heterocycles. The van der Waals surface area contributed by atoms with Crippen LogP contribution in [0.25, 0.3) is 0 Å². The van der Waals surface area contributed by atoms with Crippen LogP contribution < -0.4 is 10.6 Å². The van der Waals surface area contributed by atoms with Gasteiger partial charge in [-0.25, -0.2) is 0 Å². The molecule has 2 heterocycles. The number of nitrogens with two attached hydrogens (primary N) is 1. The maximum absolute atomic E-state index is 5.42. The number of rotatable bonds is 2. The van der Waals surface area contributed by atoms with Crippen molar-refractivity contribution in [3.8, 4) is 0 Å². The van der Waals surface area contributed by atoms with Gasteiger partial charge in [-0.15, -0.1) is 10.2 Å². The molecule has 0 aliphatic heterocycles. The van der Waals surface area contributed by atoms with Gasteiger partial charge in [0, 0.05) is 12.4 Å². The summed E-state index contributed by atoms with van der Waals surface area (Å²) in [5.74, 6) is 0.980. The SMILES string of the molecule is CN(c1ccsc1)c1nnc(N)[nH]1. The van der Waals surface area contributed by atoms with Crippen LogP contribution in [0.5, 0.6) is 0 Å². The van der Waals surface area contributed by atoms with E-state index in [-0.39, 0.29) is 0 Å². The Morgan fingerprint density at radius 1 is 1.54 bits per heavy atom. The third-order valence-corrected chi connectivity index (χ3v) is 2.37. The van der Waals surface area contributed by atoms with Gasteiger partial charge < -0.3 is 10.6 Å². The average Bonchev–Trinajstić information content (AvgIpc) is 2.72. The van der Waals surface area contributed by atoms with E-state index in [2.05, 4.69) is 15.2 Å². The fraction of sp³-hybridized carbons (Fsp3) is 0.143. The smallest absolute Gasteiger partial charge is 0.230 e. The molecule has 2 aromatic heterocycles. The Hall–Kier alpha value is -1.56. The van der Waals surface area contributed by atoms with Gasteiger partial charge in [-0.2, -0.15) is 11.3 Å². The quantitative estimate of drug-likeness (QED) is 0.755. The van der Waals surface area contributed by atoms with Gasteiger partial charge in [0.05, 0.1) is 5.69 Å². The molecule has 13 heavy (non-hydrogen) atoms. The highest BCUT2D eigenvalue weighted by Crippen LogP contribution is 2.22. The van der Waals surface area contributed by atoms with Crippen molar-refractivity contribution >= 4 is 28.9 Å². The third-order valence-electron chi connectivity index (χ3n) is 1.70. The normalized spacial score (nSPS) is 10.2. The summed E-state index contributed by atoms with van der Waals surface area (Å²) in [4.78, 5) is 4.74. The maximum atomic E-state index is 5.42. The molecular formula is C7H9N5S. The summed E-state index contributed by atoms with van der Waals surface area (Å²) in [7, 11) is 1.90. The maximum Gasteiger partial charge on any atom is 0.230 e. The molecule has 2 aromatic rings. The van der Waals surface area contributed by atoms with Crippen LogP contribution in [0.15, 0.2) is 16.8 Å². The number of H-pyrrole nitrogens is 1. The second-order valence-corrected chi connectivity index (χ2v) is 3.35. The molecule has 0 unspecified atom stereocenters. The zero-order chi connectivity index (χ0) is 9.26. The van der Waals surface area contributed by atoms with E-state index < -0.39 is 0 Å². The first-order valence-corrected chi connectivity index (χ1v) is 4.66. The van der Waals surface area contributed by atoms with Crippen molar-refractivity contribution in [3.05, 3.63) is 16.8 Å². The van der Waals surface area contributed by atoms with Gasteiger partial charge in [0.1, 0.15) is 0 Å². The Morgan fingerprint density at radius 2 is 2.38 bits per heavy atom. The predicted molar refractivity (Wildman–Crippen MR) is 53.2 cm³/mol. The van der Waals surface area contributed by atoms with Crippen molar-refractivity contribution in [1.29, 1.82) is 0 Å². The van der Waals surface area contributed by atoms with Crippen LogP contribution in [-0.2, 0) is 0 Å². The molecule has 6 heteroatoms. The number of anilines is 3. The molecule has 3 N–H and O–H groups in total. The van der Waals surface area contributed by atoms with Crippen molar-refractivity contribution in [1.82, 2.24) is 15.2 Å². The lowest BCUT2D eigenvalue weighted by Gasteiger charge is -2.12. The predicted octanol–water partition coefficient (Wildman–Crippen LogP) is 1.22. The Morgan fingerprint density at radius 3 is 2.92 bits per heavy atom. The first-order valence-electron chi connectivity index (χ1n) is 3.71. The van der Waals surface area contributed by atoms with Crippen molar-refractivity contribution < 1.29 is 0 Å². The first kappa shape index (κ1) is 8.06. The minimum absolute atomic E-state index is 0.331. The van der Waals surface area contributed by atoms with Crippen molar-refractivity contribution in [3.63, 3.8) is 0 Å². The number of thiophene rings is 1. The lowest BCUT2D eigenvalue weighted by atomic mass is 10.5. The largest absolute Gasteiger partial charge is 0.368 e. The highest BCUT2D eigenvalue weighted by Gasteiger charge is 2.07. The number of hydrogen-bond donors (Lipinski definition) is 2. The zero-order valence-corrected chi connectivity index (χ0v) is 7.88. The molecule has 0 radical (unpaired) electrons. The van der Waals surface area contributed by atoms with E-state index in [9.17, 15) is 0 Å². The molecular weight excluding hydrogens is 186 g/mol. The van der Waals surface area contributed by atoms with Crippen molar-refractivity contribution in [2.45, 2.75) is 0 Å². The monoisotopic (exact) mass is 195 g/mol. The fourth-order valence-corrected chi connectivity index (χ4v) is 1.66. The molecule has 68 valence electrons. The highest BCUT2D eigenvalue weighted by atomic mass is 32.1. The van der Waals surface area contributed by atoms with E-state index in [1.165, 1.54) is 0 Å². The summed E-state index contributed by atoms with van der Waals surface area (Å²) in [6.45, 7) is 0. The van der Waals surface area contributed by atoms with E-state index in [0.29, 0.717) is 11.9 Å². The van der Waals surface area contributed by atoms with Crippen molar-refractivity contribution in [2.24, 2.45) is 0 Å². The van der Waals surface area contributed by atoms with Gasteiger partial charge in [-0.3, -0.25) is 4.98 Å². The average molecular weight is 195 g/mol. The number of nitrogens with zero attached hydrogens (tertiary/aromatic N) is 3. The van der Waals surface area contributed by atoms with Crippen LogP contribution in [0, 0.1) is 0 Å². The summed E-state index contributed by atoms with van der Waals surface area (Å²) < 4.78 is 0. The molecule has 5 nitrogen and oxygen atoms in total. The van der Waals surface area contributed by atoms with Crippen LogP contribution >= 0.6 is 11.3 Å². The lowest BCUT2D eigenvalue weighted by molar-refractivity contribution is 1.04. The van der Waals surface area contributed by atoms with Crippen LogP contribution in [-0.4, -0.2) is 22.2 Å². The van der Waals surface area contributed by atoms with Crippen molar-refractivity contribution in [2.75, 3.05) is 17.7 Å². The molecule has 0 aliphatic rings. The first-order chi connectivity index (χ1) is 6.27. The van der Waals surface area contributed by atoms with E-state index >= 15 is 0 Å². The molecule has 0 aromatic carbocycles. The summed E-state index contributed by atoms with van der Waals surface area (Å²) >= 11 is 1.63. The fourth-order valence-electron chi connectivity index (χ4n) is 0.987. The molecule has 0 atom stereocenters. The zero-order valence-electron chi connectivity index (χ0n) is 7.06. The number of aromatic amines is 1. The molecule has 0 aliphatic carbocycles. The Kier molecular flexibility index (Phi) is 1.90. The Balaban J connectivity index is 2.28.